The Hall–Kier alpha value is -2.41. The van der Waals surface area contributed by atoms with E-state index in [0.29, 0.717) is 13.0 Å². The Morgan fingerprint density at radius 3 is 2.94 bits per heavy atom. The molecule has 6 nitrogen and oxygen atoms in total. The van der Waals surface area contributed by atoms with Gasteiger partial charge in [0.15, 0.2) is 0 Å². The molecule has 0 spiro atoms. The summed E-state index contributed by atoms with van der Waals surface area (Å²) in [5.41, 5.74) is 3.44. The van der Waals surface area contributed by atoms with Gasteiger partial charge in [-0.1, -0.05) is 41.9 Å². The van der Waals surface area contributed by atoms with Crippen molar-refractivity contribution in [3.8, 4) is 0 Å². The van der Waals surface area contributed by atoms with Gasteiger partial charge in [0.2, 0.25) is 11.8 Å². The normalized spacial score (nSPS) is 24.8. The Morgan fingerprint density at radius 1 is 1.19 bits per heavy atom. The second kappa shape index (κ2) is 9.22. The summed E-state index contributed by atoms with van der Waals surface area (Å²) in [5, 5.41) is 7.39. The molecule has 3 aliphatic rings. The first-order valence-electron chi connectivity index (χ1n) is 11.5. The minimum atomic E-state index is -0.117. The van der Waals surface area contributed by atoms with Crippen molar-refractivity contribution in [1.29, 1.82) is 0 Å². The first kappa shape index (κ1) is 21.4. The third-order valence-corrected chi connectivity index (χ3v) is 7.22. The fourth-order valence-electron chi connectivity index (χ4n) is 5.32. The van der Waals surface area contributed by atoms with E-state index in [1.165, 1.54) is 5.56 Å². The van der Waals surface area contributed by atoms with Gasteiger partial charge in [0, 0.05) is 55.4 Å². The van der Waals surface area contributed by atoms with Crippen molar-refractivity contribution in [1.82, 2.24) is 15.5 Å². The number of piperazine rings is 1. The molecule has 2 aromatic carbocycles. The average Bonchev–Trinajstić information content (AvgIpc) is 3.42. The van der Waals surface area contributed by atoms with Gasteiger partial charge < -0.3 is 15.5 Å². The number of halogens is 1. The zero-order valence-corrected chi connectivity index (χ0v) is 18.9. The van der Waals surface area contributed by atoms with Crippen LogP contribution >= 0.6 is 11.6 Å². The SMILES string of the molecule is O=C1NCC(CCC(=O)N2CCc3ccccc32)N2CC(NCc3cccc(Cl)c3)CC12. The molecule has 2 aromatic rings. The van der Waals surface area contributed by atoms with Crippen LogP contribution in [-0.2, 0) is 22.6 Å². The van der Waals surface area contributed by atoms with E-state index in [0.717, 1.165) is 55.2 Å². The predicted octanol–water partition coefficient (Wildman–Crippen LogP) is 2.74. The quantitative estimate of drug-likeness (QED) is 0.707. The zero-order valence-electron chi connectivity index (χ0n) is 18.1. The fourth-order valence-corrected chi connectivity index (χ4v) is 5.54. The minimum absolute atomic E-state index is 0.105. The molecule has 2 amide bonds. The van der Waals surface area contributed by atoms with E-state index in [4.69, 9.17) is 11.6 Å². The zero-order chi connectivity index (χ0) is 22.1. The van der Waals surface area contributed by atoms with Gasteiger partial charge in [0.1, 0.15) is 0 Å². The number of fused-ring (bicyclic) bond motifs is 2. The molecule has 0 bridgehead atoms. The summed E-state index contributed by atoms with van der Waals surface area (Å²) in [4.78, 5) is 29.7. The molecule has 0 radical (unpaired) electrons. The van der Waals surface area contributed by atoms with Crippen LogP contribution in [-0.4, -0.2) is 54.5 Å². The van der Waals surface area contributed by atoms with Gasteiger partial charge in [-0.25, -0.2) is 0 Å². The molecule has 2 N–H and O–H groups in total. The van der Waals surface area contributed by atoms with Crippen molar-refractivity contribution < 1.29 is 9.59 Å². The van der Waals surface area contributed by atoms with E-state index in [1.807, 2.05) is 41.3 Å². The van der Waals surface area contributed by atoms with Gasteiger partial charge >= 0.3 is 0 Å². The third kappa shape index (κ3) is 4.40. The summed E-state index contributed by atoms with van der Waals surface area (Å²) in [5.74, 6) is 0.284. The Bertz CT molecular complexity index is 1010. The summed E-state index contributed by atoms with van der Waals surface area (Å²) in [6, 6.07) is 16.3. The number of hydrogen-bond acceptors (Lipinski definition) is 4. The second-order valence-electron chi connectivity index (χ2n) is 9.02. The molecular weight excluding hydrogens is 424 g/mol. The molecule has 0 aliphatic carbocycles. The highest BCUT2D eigenvalue weighted by molar-refractivity contribution is 6.30. The molecule has 168 valence electrons. The average molecular weight is 453 g/mol. The lowest BCUT2D eigenvalue weighted by atomic mass is 10.0. The fraction of sp³-hybridized carbons (Fsp3) is 0.440. The second-order valence-corrected chi connectivity index (χ2v) is 9.45. The number of carbonyl (C=O) groups is 2. The lowest BCUT2D eigenvalue weighted by Crippen LogP contribution is -2.58. The third-order valence-electron chi connectivity index (χ3n) is 6.99. The molecule has 2 saturated heterocycles. The van der Waals surface area contributed by atoms with E-state index >= 15 is 0 Å². The van der Waals surface area contributed by atoms with Crippen LogP contribution in [0.2, 0.25) is 5.02 Å². The number of nitrogens with zero attached hydrogens (tertiary/aromatic N) is 2. The van der Waals surface area contributed by atoms with Crippen molar-refractivity contribution >= 4 is 29.1 Å². The lowest BCUT2D eigenvalue weighted by Gasteiger charge is -2.37. The largest absolute Gasteiger partial charge is 0.353 e. The molecule has 3 unspecified atom stereocenters. The minimum Gasteiger partial charge on any atom is -0.353 e. The molecule has 3 aliphatic heterocycles. The first-order chi connectivity index (χ1) is 15.6. The molecule has 7 heteroatoms. The van der Waals surface area contributed by atoms with Crippen LogP contribution in [0.25, 0.3) is 0 Å². The molecule has 2 fully saturated rings. The molecule has 3 atom stereocenters. The van der Waals surface area contributed by atoms with Crippen molar-refractivity contribution in [2.24, 2.45) is 0 Å². The van der Waals surface area contributed by atoms with Crippen LogP contribution in [0.5, 0.6) is 0 Å². The van der Waals surface area contributed by atoms with E-state index < -0.39 is 0 Å². The summed E-state index contributed by atoms with van der Waals surface area (Å²) < 4.78 is 0. The monoisotopic (exact) mass is 452 g/mol. The van der Waals surface area contributed by atoms with Gasteiger partial charge in [-0.15, -0.1) is 0 Å². The van der Waals surface area contributed by atoms with Gasteiger partial charge in [0.25, 0.3) is 0 Å². The Kier molecular flexibility index (Phi) is 6.17. The molecule has 0 aromatic heterocycles. The van der Waals surface area contributed by atoms with E-state index in [9.17, 15) is 9.59 Å². The maximum absolute atomic E-state index is 13.0. The summed E-state index contributed by atoms with van der Waals surface area (Å²) >= 11 is 6.09. The summed E-state index contributed by atoms with van der Waals surface area (Å²) in [6.45, 7) is 2.93. The number of hydrogen-bond donors (Lipinski definition) is 2. The van der Waals surface area contributed by atoms with Crippen LogP contribution in [0.1, 0.15) is 30.4 Å². The number of rotatable bonds is 6. The van der Waals surface area contributed by atoms with E-state index in [1.54, 1.807) is 0 Å². The number of amides is 2. The summed E-state index contributed by atoms with van der Waals surface area (Å²) in [6.07, 6.45) is 2.97. The molecule has 0 saturated carbocycles. The van der Waals surface area contributed by atoms with Crippen molar-refractivity contribution in [3.05, 3.63) is 64.7 Å². The number of para-hydroxylation sites is 1. The Morgan fingerprint density at radius 2 is 2.06 bits per heavy atom. The number of anilines is 1. The van der Waals surface area contributed by atoms with Crippen LogP contribution in [0.4, 0.5) is 5.69 Å². The molecule has 5 rings (SSSR count). The van der Waals surface area contributed by atoms with Crippen LogP contribution in [0.3, 0.4) is 0 Å². The molecular formula is C25H29ClN4O2. The van der Waals surface area contributed by atoms with Crippen LogP contribution < -0.4 is 15.5 Å². The highest BCUT2D eigenvalue weighted by atomic mass is 35.5. The predicted molar refractivity (Wildman–Crippen MR) is 126 cm³/mol. The maximum atomic E-state index is 13.0. The van der Waals surface area contributed by atoms with Crippen molar-refractivity contribution in [2.75, 3.05) is 24.5 Å². The van der Waals surface area contributed by atoms with Gasteiger partial charge in [0.05, 0.1) is 6.04 Å². The smallest absolute Gasteiger partial charge is 0.237 e. The van der Waals surface area contributed by atoms with Crippen LogP contribution in [0, 0.1) is 0 Å². The topological polar surface area (TPSA) is 64.7 Å². The van der Waals surface area contributed by atoms with Gasteiger partial charge in [-0.05, 0) is 48.6 Å². The van der Waals surface area contributed by atoms with E-state index in [-0.39, 0.29) is 29.9 Å². The number of carbonyl (C=O) groups excluding carboxylic acids is 2. The lowest BCUT2D eigenvalue weighted by molar-refractivity contribution is -0.129. The van der Waals surface area contributed by atoms with Gasteiger partial charge in [-0.3, -0.25) is 14.5 Å². The highest BCUT2D eigenvalue weighted by Gasteiger charge is 2.43. The van der Waals surface area contributed by atoms with Crippen molar-refractivity contribution in [3.63, 3.8) is 0 Å². The van der Waals surface area contributed by atoms with Gasteiger partial charge in [-0.2, -0.15) is 0 Å². The molecule has 32 heavy (non-hydrogen) atoms. The Labute approximate surface area is 193 Å². The standard InChI is InChI=1S/C25H29ClN4O2/c26-19-6-3-4-17(12-19)14-27-20-13-23-25(32)28-15-21(30(23)16-20)8-9-24(31)29-11-10-18-5-1-2-7-22(18)29/h1-7,12,20-21,23,27H,8-11,13-16H2,(H,28,32). The maximum Gasteiger partial charge on any atom is 0.237 e. The van der Waals surface area contributed by atoms with Crippen molar-refractivity contribution in [2.45, 2.75) is 50.4 Å². The highest BCUT2D eigenvalue weighted by Crippen LogP contribution is 2.30. The molecule has 3 heterocycles. The number of benzene rings is 2. The van der Waals surface area contributed by atoms with E-state index in [2.05, 4.69) is 27.7 Å². The Balaban J connectivity index is 1.17. The number of nitrogens with one attached hydrogen (secondary N) is 2. The first-order valence-corrected chi connectivity index (χ1v) is 11.9. The summed E-state index contributed by atoms with van der Waals surface area (Å²) in [7, 11) is 0. The van der Waals surface area contributed by atoms with Crippen LogP contribution in [0.15, 0.2) is 48.5 Å².